The molecule has 32 heavy (non-hydrogen) atoms. The Morgan fingerprint density at radius 2 is 1.44 bits per heavy atom. The van der Waals surface area contributed by atoms with E-state index in [1.165, 1.54) is 6.07 Å². The highest BCUT2D eigenvalue weighted by Crippen LogP contribution is 2.37. The zero-order valence-electron chi connectivity index (χ0n) is 19.2. The summed E-state index contributed by atoms with van der Waals surface area (Å²) >= 11 is 0. The van der Waals surface area contributed by atoms with Gasteiger partial charge in [-0.2, -0.15) is 0 Å². The zero-order chi connectivity index (χ0) is 23.4. The number of aryl methyl sites for hydroxylation is 1. The fraction of sp³-hybridized carbons (Fsp3) is 0.357. The molecule has 0 aliphatic carbocycles. The lowest BCUT2D eigenvalue weighted by atomic mass is 9.76. The lowest BCUT2D eigenvalue weighted by molar-refractivity contribution is 0.0526. The highest BCUT2D eigenvalue weighted by Gasteiger charge is 2.36. The summed E-state index contributed by atoms with van der Waals surface area (Å²) in [6, 6.07) is 21.3. The van der Waals surface area contributed by atoms with Crippen LogP contribution in [0.2, 0.25) is 0 Å². The molecule has 4 heteroatoms. The summed E-state index contributed by atoms with van der Waals surface area (Å²) in [5.74, 6) is 0.240. The van der Waals surface area contributed by atoms with Crippen molar-refractivity contribution >= 4 is 0 Å². The minimum atomic E-state index is -2.48. The normalized spacial score (nSPS) is 13.8. The fourth-order valence-corrected chi connectivity index (χ4v) is 3.79. The van der Waals surface area contributed by atoms with Crippen molar-refractivity contribution in [3.05, 3.63) is 95.3 Å². The van der Waals surface area contributed by atoms with Gasteiger partial charge in [-0.05, 0) is 65.6 Å². The number of para-hydroxylation sites is 1. The van der Waals surface area contributed by atoms with E-state index in [4.69, 9.17) is 4.74 Å². The van der Waals surface area contributed by atoms with Crippen LogP contribution in [0.5, 0.6) is 11.5 Å². The molecule has 0 spiro atoms. The molecule has 0 aliphatic rings. The van der Waals surface area contributed by atoms with Crippen molar-refractivity contribution in [1.82, 2.24) is 0 Å². The molecule has 0 radical (unpaired) electrons. The molecule has 170 valence electrons. The Bertz CT molecular complexity index is 1010. The smallest absolute Gasteiger partial charge is 0.247 e. The topological polar surface area (TPSA) is 9.23 Å². The summed E-state index contributed by atoms with van der Waals surface area (Å²) in [6.07, 6.45) is -1.04. The molecule has 3 aromatic rings. The van der Waals surface area contributed by atoms with E-state index in [9.17, 15) is 13.2 Å². The van der Waals surface area contributed by atoms with Gasteiger partial charge in [-0.15, -0.1) is 0 Å². The third kappa shape index (κ3) is 5.73. The average molecular weight is 441 g/mol. The summed E-state index contributed by atoms with van der Waals surface area (Å²) in [5.41, 5.74) is 1.36. The monoisotopic (exact) mass is 440 g/mol. The summed E-state index contributed by atoms with van der Waals surface area (Å²) in [6.45, 7) is 7.94. The van der Waals surface area contributed by atoms with Gasteiger partial charge in [0.2, 0.25) is 6.43 Å². The van der Waals surface area contributed by atoms with Crippen molar-refractivity contribution in [3.8, 4) is 11.5 Å². The molecule has 0 amide bonds. The number of rotatable bonds is 8. The van der Waals surface area contributed by atoms with E-state index >= 15 is 0 Å². The Kier molecular flexibility index (Phi) is 7.33. The van der Waals surface area contributed by atoms with Crippen LogP contribution in [0.25, 0.3) is 0 Å². The minimum absolute atomic E-state index is 0.0259. The van der Waals surface area contributed by atoms with Gasteiger partial charge >= 0.3 is 0 Å². The lowest BCUT2D eigenvalue weighted by Gasteiger charge is -2.30. The number of hydrogen-bond acceptors (Lipinski definition) is 1. The first-order valence-electron chi connectivity index (χ1n) is 11.0. The van der Waals surface area contributed by atoms with Crippen LogP contribution in [0, 0.1) is 5.82 Å². The Morgan fingerprint density at radius 1 is 0.812 bits per heavy atom. The second-order valence-corrected chi connectivity index (χ2v) is 9.58. The number of hydrogen-bond donors (Lipinski definition) is 0. The van der Waals surface area contributed by atoms with Gasteiger partial charge in [-0.3, -0.25) is 0 Å². The SMILES string of the molecule is CC(C)(C)c1ccc(C(C)(CCCc2ccc(F)c(Oc3ccccc3)c2)C(F)F)cc1. The standard InChI is InChI=1S/C28H31F3O/c1-27(2,3)21-13-15-22(16-14-21)28(4,26(30)31)18-8-9-20-12-17-24(29)25(19-20)32-23-10-6-5-7-11-23/h5-7,10-17,19,26H,8-9,18H2,1-4H3. The first-order valence-corrected chi connectivity index (χ1v) is 11.0. The molecule has 3 aromatic carbocycles. The zero-order valence-corrected chi connectivity index (χ0v) is 19.2. The van der Waals surface area contributed by atoms with E-state index in [0.29, 0.717) is 30.6 Å². The van der Waals surface area contributed by atoms with Crippen LogP contribution in [-0.2, 0) is 17.3 Å². The minimum Gasteiger partial charge on any atom is -0.454 e. The van der Waals surface area contributed by atoms with Gasteiger partial charge < -0.3 is 4.74 Å². The maximum atomic E-state index is 14.2. The maximum absolute atomic E-state index is 14.2. The Labute approximate surface area is 189 Å². The van der Waals surface area contributed by atoms with Crippen molar-refractivity contribution in [2.24, 2.45) is 0 Å². The van der Waals surface area contributed by atoms with Gasteiger partial charge in [0.25, 0.3) is 0 Å². The fourth-order valence-electron chi connectivity index (χ4n) is 3.79. The third-order valence-electron chi connectivity index (χ3n) is 6.02. The molecule has 0 saturated heterocycles. The molecular formula is C28H31F3O. The maximum Gasteiger partial charge on any atom is 0.247 e. The predicted molar refractivity (Wildman–Crippen MR) is 124 cm³/mol. The molecule has 0 aromatic heterocycles. The van der Waals surface area contributed by atoms with Crippen molar-refractivity contribution in [2.75, 3.05) is 0 Å². The second kappa shape index (κ2) is 9.81. The Balaban J connectivity index is 1.70. The number of benzene rings is 3. The largest absolute Gasteiger partial charge is 0.454 e. The molecule has 0 aliphatic heterocycles. The van der Waals surface area contributed by atoms with Crippen molar-refractivity contribution < 1.29 is 17.9 Å². The highest BCUT2D eigenvalue weighted by atomic mass is 19.3. The summed E-state index contributed by atoms with van der Waals surface area (Å²) in [7, 11) is 0. The van der Waals surface area contributed by atoms with E-state index in [-0.39, 0.29) is 11.2 Å². The summed E-state index contributed by atoms with van der Waals surface area (Å²) < 4.78 is 48.1. The molecule has 0 N–H and O–H groups in total. The molecule has 0 fully saturated rings. The number of ether oxygens (including phenoxy) is 1. The molecule has 1 atom stereocenters. The van der Waals surface area contributed by atoms with E-state index in [1.807, 2.05) is 42.5 Å². The van der Waals surface area contributed by atoms with Gasteiger partial charge in [-0.25, -0.2) is 13.2 Å². The first kappa shape index (κ1) is 23.9. The summed E-state index contributed by atoms with van der Waals surface area (Å²) in [5, 5.41) is 0. The average Bonchev–Trinajstić information content (AvgIpc) is 2.76. The van der Waals surface area contributed by atoms with Crippen LogP contribution in [0.4, 0.5) is 13.2 Å². The Hall–Kier alpha value is -2.75. The van der Waals surface area contributed by atoms with Crippen LogP contribution >= 0.6 is 0 Å². The van der Waals surface area contributed by atoms with Crippen LogP contribution < -0.4 is 4.74 Å². The van der Waals surface area contributed by atoms with Crippen LogP contribution in [0.15, 0.2) is 72.8 Å². The van der Waals surface area contributed by atoms with E-state index in [1.54, 1.807) is 31.2 Å². The second-order valence-electron chi connectivity index (χ2n) is 9.58. The van der Waals surface area contributed by atoms with E-state index in [0.717, 1.165) is 11.1 Å². The molecular weight excluding hydrogens is 409 g/mol. The first-order chi connectivity index (χ1) is 15.1. The predicted octanol–water partition coefficient (Wildman–Crippen LogP) is 8.46. The van der Waals surface area contributed by atoms with Crippen LogP contribution in [-0.4, -0.2) is 6.43 Å². The highest BCUT2D eigenvalue weighted by molar-refractivity contribution is 5.36. The number of halogens is 3. The van der Waals surface area contributed by atoms with E-state index < -0.39 is 17.7 Å². The molecule has 0 bridgehead atoms. The summed E-state index contributed by atoms with van der Waals surface area (Å²) in [4.78, 5) is 0. The van der Waals surface area contributed by atoms with Gasteiger partial charge in [0, 0.05) is 0 Å². The molecule has 0 saturated carbocycles. The molecule has 0 heterocycles. The van der Waals surface area contributed by atoms with Crippen LogP contribution in [0.1, 0.15) is 57.2 Å². The van der Waals surface area contributed by atoms with Crippen molar-refractivity contribution in [2.45, 2.75) is 64.2 Å². The lowest BCUT2D eigenvalue weighted by Crippen LogP contribution is -2.31. The quantitative estimate of drug-likeness (QED) is 0.341. The van der Waals surface area contributed by atoms with Crippen molar-refractivity contribution in [1.29, 1.82) is 0 Å². The van der Waals surface area contributed by atoms with Gasteiger partial charge in [-0.1, -0.05) is 76.2 Å². The van der Waals surface area contributed by atoms with Gasteiger partial charge in [0.15, 0.2) is 11.6 Å². The molecule has 3 rings (SSSR count). The molecule has 1 unspecified atom stereocenters. The van der Waals surface area contributed by atoms with Gasteiger partial charge in [0.05, 0.1) is 5.41 Å². The van der Waals surface area contributed by atoms with Crippen molar-refractivity contribution in [3.63, 3.8) is 0 Å². The number of alkyl halides is 2. The van der Waals surface area contributed by atoms with Gasteiger partial charge in [0.1, 0.15) is 5.75 Å². The Morgan fingerprint density at radius 3 is 2.03 bits per heavy atom. The third-order valence-corrected chi connectivity index (χ3v) is 6.02. The van der Waals surface area contributed by atoms with E-state index in [2.05, 4.69) is 20.8 Å². The molecule has 1 nitrogen and oxygen atoms in total. The van der Waals surface area contributed by atoms with Crippen LogP contribution in [0.3, 0.4) is 0 Å².